The van der Waals surface area contributed by atoms with E-state index in [0.717, 1.165) is 16.7 Å². The van der Waals surface area contributed by atoms with Crippen LogP contribution in [0.4, 0.5) is 19.4 Å². The first-order valence-electron chi connectivity index (χ1n) is 10.0. The second-order valence-electron chi connectivity index (χ2n) is 8.43. The van der Waals surface area contributed by atoms with Crippen molar-refractivity contribution in [3.63, 3.8) is 0 Å². The van der Waals surface area contributed by atoms with Crippen molar-refractivity contribution in [2.45, 2.75) is 46.1 Å². The normalized spacial score (nSPS) is 11.3. The van der Waals surface area contributed by atoms with Crippen molar-refractivity contribution in [2.75, 3.05) is 5.32 Å². The number of pyridine rings is 2. The molecular weight excluding hydrogens is 436 g/mol. The SMILES string of the molecule is Cc1c(Cc2ccc(Cl)cc2F)cncc1Cc1ccnc(NC(=O)OC(C)(C)C)c1F. The lowest BCUT2D eigenvalue weighted by molar-refractivity contribution is 0.0634. The molecule has 1 amide bonds. The van der Waals surface area contributed by atoms with E-state index in [1.807, 2.05) is 6.92 Å². The van der Waals surface area contributed by atoms with E-state index in [1.54, 1.807) is 51.4 Å². The van der Waals surface area contributed by atoms with Gasteiger partial charge in [-0.25, -0.2) is 18.6 Å². The molecule has 3 rings (SSSR count). The highest BCUT2D eigenvalue weighted by atomic mass is 35.5. The molecule has 32 heavy (non-hydrogen) atoms. The lowest BCUT2D eigenvalue weighted by atomic mass is 9.96. The largest absolute Gasteiger partial charge is 0.444 e. The Kier molecular flexibility index (Phi) is 7.09. The Balaban J connectivity index is 1.82. The minimum absolute atomic E-state index is 0.207. The Bertz CT molecular complexity index is 1150. The van der Waals surface area contributed by atoms with Crippen molar-refractivity contribution in [1.29, 1.82) is 0 Å². The summed E-state index contributed by atoms with van der Waals surface area (Å²) >= 11 is 5.83. The molecule has 1 aromatic carbocycles. The predicted molar refractivity (Wildman–Crippen MR) is 120 cm³/mol. The van der Waals surface area contributed by atoms with E-state index in [0.29, 0.717) is 22.6 Å². The number of benzene rings is 1. The molecule has 0 aliphatic rings. The number of hydrogen-bond acceptors (Lipinski definition) is 4. The monoisotopic (exact) mass is 459 g/mol. The zero-order valence-electron chi connectivity index (χ0n) is 18.3. The lowest BCUT2D eigenvalue weighted by Crippen LogP contribution is -2.28. The highest BCUT2D eigenvalue weighted by Crippen LogP contribution is 2.24. The molecule has 1 N–H and O–H groups in total. The molecule has 168 valence electrons. The zero-order valence-corrected chi connectivity index (χ0v) is 19.1. The Labute approximate surface area is 190 Å². The summed E-state index contributed by atoms with van der Waals surface area (Å²) in [6, 6.07) is 6.09. The van der Waals surface area contributed by atoms with E-state index in [9.17, 15) is 9.18 Å². The van der Waals surface area contributed by atoms with Gasteiger partial charge >= 0.3 is 6.09 Å². The van der Waals surface area contributed by atoms with E-state index in [1.165, 1.54) is 12.3 Å². The van der Waals surface area contributed by atoms with Gasteiger partial charge < -0.3 is 4.74 Å². The third kappa shape index (κ3) is 6.01. The van der Waals surface area contributed by atoms with Crippen LogP contribution in [0.5, 0.6) is 0 Å². The Morgan fingerprint density at radius 2 is 1.72 bits per heavy atom. The molecule has 2 heterocycles. The average molecular weight is 460 g/mol. The zero-order chi connectivity index (χ0) is 23.5. The third-order valence-corrected chi connectivity index (χ3v) is 5.02. The van der Waals surface area contributed by atoms with Gasteiger partial charge in [0.05, 0.1) is 0 Å². The molecule has 0 saturated carbocycles. The van der Waals surface area contributed by atoms with Crippen molar-refractivity contribution >= 4 is 23.5 Å². The summed E-state index contributed by atoms with van der Waals surface area (Å²) in [7, 11) is 0. The van der Waals surface area contributed by atoms with Gasteiger partial charge in [0.25, 0.3) is 0 Å². The van der Waals surface area contributed by atoms with Crippen molar-refractivity contribution in [3.05, 3.63) is 87.3 Å². The van der Waals surface area contributed by atoms with Gasteiger partial charge in [0.1, 0.15) is 11.4 Å². The standard InChI is InChI=1S/C24H24ClF2N3O2/c1-14-17(9-15-5-6-19(25)11-20(15)26)12-28-13-18(14)10-16-7-8-29-22(21(16)27)30-23(31)32-24(2,3)4/h5-8,11-13H,9-10H2,1-4H3,(H,29,30,31). The number of nitrogens with one attached hydrogen (secondary N) is 1. The first-order valence-corrected chi connectivity index (χ1v) is 10.4. The molecule has 8 heteroatoms. The number of aromatic nitrogens is 2. The van der Waals surface area contributed by atoms with E-state index in [4.69, 9.17) is 16.3 Å². The van der Waals surface area contributed by atoms with Crippen LogP contribution in [-0.2, 0) is 17.6 Å². The van der Waals surface area contributed by atoms with Crippen LogP contribution < -0.4 is 5.32 Å². The molecule has 0 radical (unpaired) electrons. The van der Waals surface area contributed by atoms with Crippen LogP contribution in [0, 0.1) is 18.6 Å². The highest BCUT2D eigenvalue weighted by Gasteiger charge is 2.19. The van der Waals surface area contributed by atoms with Gasteiger partial charge in [-0.05, 0) is 73.7 Å². The molecular formula is C24H24ClF2N3O2. The van der Waals surface area contributed by atoms with Gasteiger partial charge in [-0.3, -0.25) is 10.3 Å². The topological polar surface area (TPSA) is 64.1 Å². The summed E-state index contributed by atoms with van der Waals surface area (Å²) in [5, 5.41) is 2.68. The summed E-state index contributed by atoms with van der Waals surface area (Å²) in [6.45, 7) is 7.03. The van der Waals surface area contributed by atoms with Crippen LogP contribution >= 0.6 is 11.6 Å². The quantitative estimate of drug-likeness (QED) is 0.490. The molecule has 0 saturated heterocycles. The van der Waals surface area contributed by atoms with E-state index >= 15 is 4.39 Å². The van der Waals surface area contributed by atoms with Crippen LogP contribution in [0.3, 0.4) is 0 Å². The number of anilines is 1. The van der Waals surface area contributed by atoms with Gasteiger partial charge in [0, 0.05) is 36.5 Å². The lowest BCUT2D eigenvalue weighted by Gasteiger charge is -2.19. The van der Waals surface area contributed by atoms with Crippen LogP contribution in [0.1, 0.15) is 48.6 Å². The summed E-state index contributed by atoms with van der Waals surface area (Å²) in [5.41, 5.74) is 2.61. The molecule has 0 spiro atoms. The molecule has 0 bridgehead atoms. The summed E-state index contributed by atoms with van der Waals surface area (Å²) in [4.78, 5) is 20.1. The number of hydrogen-bond donors (Lipinski definition) is 1. The van der Waals surface area contributed by atoms with Gasteiger partial charge in [-0.2, -0.15) is 0 Å². The minimum atomic E-state index is -0.786. The molecule has 2 aromatic heterocycles. The number of halogens is 3. The number of amides is 1. The second kappa shape index (κ2) is 9.61. The van der Waals surface area contributed by atoms with Gasteiger partial charge in [0.2, 0.25) is 0 Å². The smallest absolute Gasteiger partial charge is 0.413 e. The number of carbonyl (C=O) groups is 1. The van der Waals surface area contributed by atoms with E-state index in [-0.39, 0.29) is 18.1 Å². The van der Waals surface area contributed by atoms with Gasteiger partial charge in [-0.1, -0.05) is 17.7 Å². The second-order valence-corrected chi connectivity index (χ2v) is 8.87. The van der Waals surface area contributed by atoms with Crippen molar-refractivity contribution in [3.8, 4) is 0 Å². The van der Waals surface area contributed by atoms with Crippen molar-refractivity contribution in [1.82, 2.24) is 9.97 Å². The number of carbonyl (C=O) groups excluding carboxylic acids is 1. The predicted octanol–water partition coefficient (Wildman–Crippen LogP) is 6.25. The van der Waals surface area contributed by atoms with Crippen LogP contribution in [-0.4, -0.2) is 21.7 Å². The van der Waals surface area contributed by atoms with Crippen LogP contribution in [0.25, 0.3) is 0 Å². The molecule has 0 unspecified atom stereocenters. The fraction of sp³-hybridized carbons (Fsp3) is 0.292. The average Bonchev–Trinajstić information content (AvgIpc) is 2.68. The third-order valence-electron chi connectivity index (χ3n) is 4.79. The first-order chi connectivity index (χ1) is 15.0. The van der Waals surface area contributed by atoms with Crippen molar-refractivity contribution in [2.24, 2.45) is 0 Å². The number of nitrogens with zero attached hydrogens (tertiary/aromatic N) is 2. The van der Waals surface area contributed by atoms with Gasteiger partial charge in [0.15, 0.2) is 11.6 Å². The number of ether oxygens (including phenoxy) is 1. The molecule has 0 fully saturated rings. The van der Waals surface area contributed by atoms with Gasteiger partial charge in [-0.15, -0.1) is 0 Å². The Hall–Kier alpha value is -3.06. The summed E-state index contributed by atoms with van der Waals surface area (Å²) < 4.78 is 34.4. The maximum atomic E-state index is 15.0. The summed E-state index contributed by atoms with van der Waals surface area (Å²) in [6.07, 6.45) is 4.52. The molecule has 0 atom stereocenters. The van der Waals surface area contributed by atoms with Crippen LogP contribution in [0.2, 0.25) is 5.02 Å². The molecule has 0 aliphatic heterocycles. The minimum Gasteiger partial charge on any atom is -0.444 e. The Morgan fingerprint density at radius 3 is 2.34 bits per heavy atom. The maximum absolute atomic E-state index is 15.0. The molecule has 5 nitrogen and oxygen atoms in total. The fourth-order valence-electron chi connectivity index (χ4n) is 3.16. The highest BCUT2D eigenvalue weighted by molar-refractivity contribution is 6.30. The number of rotatable bonds is 5. The van der Waals surface area contributed by atoms with Crippen molar-refractivity contribution < 1.29 is 18.3 Å². The molecule has 3 aromatic rings. The summed E-state index contributed by atoms with van der Waals surface area (Å²) in [5.74, 6) is -1.24. The van der Waals surface area contributed by atoms with Crippen LogP contribution in [0.15, 0.2) is 42.9 Å². The van der Waals surface area contributed by atoms with E-state index in [2.05, 4.69) is 15.3 Å². The first kappa shape index (κ1) is 23.6. The fourth-order valence-corrected chi connectivity index (χ4v) is 3.32. The molecule has 0 aliphatic carbocycles. The van der Waals surface area contributed by atoms with E-state index < -0.39 is 17.5 Å². The maximum Gasteiger partial charge on any atom is 0.413 e. The Morgan fingerprint density at radius 1 is 1.06 bits per heavy atom.